The van der Waals surface area contributed by atoms with Crippen LogP contribution in [0.5, 0.6) is 0 Å². The summed E-state index contributed by atoms with van der Waals surface area (Å²) in [5, 5.41) is 3.95. The highest BCUT2D eigenvalue weighted by atomic mass is 35.5. The molecule has 0 radical (unpaired) electrons. The van der Waals surface area contributed by atoms with Gasteiger partial charge in [0.1, 0.15) is 0 Å². The molecule has 1 aromatic carbocycles. The first-order valence-electron chi connectivity index (χ1n) is 6.42. The van der Waals surface area contributed by atoms with Crippen LogP contribution in [0.1, 0.15) is 5.56 Å². The molecular formula is C14H19ClN2OS. The van der Waals surface area contributed by atoms with Crippen LogP contribution in [0.3, 0.4) is 0 Å². The van der Waals surface area contributed by atoms with Crippen molar-refractivity contribution in [3.05, 3.63) is 34.9 Å². The van der Waals surface area contributed by atoms with E-state index in [2.05, 4.69) is 5.32 Å². The summed E-state index contributed by atoms with van der Waals surface area (Å²) in [6, 6.07) is 7.64. The van der Waals surface area contributed by atoms with Gasteiger partial charge in [0.05, 0.1) is 5.75 Å². The van der Waals surface area contributed by atoms with E-state index in [0.29, 0.717) is 17.3 Å². The molecule has 1 heterocycles. The van der Waals surface area contributed by atoms with Gasteiger partial charge in [-0.2, -0.15) is 11.8 Å². The van der Waals surface area contributed by atoms with Crippen LogP contribution >= 0.6 is 23.4 Å². The number of hydrogen-bond donors (Lipinski definition) is 1. The Bertz CT molecular complexity index is 437. The zero-order valence-corrected chi connectivity index (χ0v) is 12.6. The SMILES string of the molecule is CN(Cc1cccc(Cl)c1)C(=O)CSCC1CNC1. The molecule has 5 heteroatoms. The van der Waals surface area contributed by atoms with E-state index in [9.17, 15) is 4.79 Å². The van der Waals surface area contributed by atoms with Gasteiger partial charge < -0.3 is 10.2 Å². The zero-order chi connectivity index (χ0) is 13.7. The number of hydrogen-bond acceptors (Lipinski definition) is 3. The first-order valence-corrected chi connectivity index (χ1v) is 7.95. The van der Waals surface area contributed by atoms with E-state index in [-0.39, 0.29) is 5.91 Å². The third-order valence-electron chi connectivity index (χ3n) is 3.18. The Morgan fingerprint density at radius 1 is 1.53 bits per heavy atom. The van der Waals surface area contributed by atoms with Gasteiger partial charge in [-0.3, -0.25) is 4.79 Å². The molecule has 0 spiro atoms. The second kappa shape index (κ2) is 7.17. The summed E-state index contributed by atoms with van der Waals surface area (Å²) in [6.45, 7) is 2.81. The lowest BCUT2D eigenvalue weighted by atomic mass is 10.1. The molecule has 1 aromatic rings. The number of halogens is 1. The molecule has 1 fully saturated rings. The minimum Gasteiger partial charge on any atom is -0.341 e. The van der Waals surface area contributed by atoms with E-state index in [1.165, 1.54) is 0 Å². The molecule has 1 N–H and O–H groups in total. The summed E-state index contributed by atoms with van der Waals surface area (Å²) in [7, 11) is 1.84. The van der Waals surface area contributed by atoms with E-state index in [4.69, 9.17) is 11.6 Å². The van der Waals surface area contributed by atoms with E-state index in [0.717, 1.165) is 30.3 Å². The van der Waals surface area contributed by atoms with Crippen LogP contribution in [0.25, 0.3) is 0 Å². The molecule has 1 aliphatic heterocycles. The first-order chi connectivity index (χ1) is 9.15. The predicted octanol–water partition coefficient (Wildman–Crippen LogP) is 2.25. The van der Waals surface area contributed by atoms with Crippen LogP contribution in [-0.4, -0.2) is 42.4 Å². The lowest BCUT2D eigenvalue weighted by Gasteiger charge is -2.26. The first kappa shape index (κ1) is 14.7. The number of amides is 1. The third-order valence-corrected chi connectivity index (χ3v) is 4.57. The number of nitrogens with zero attached hydrogens (tertiary/aromatic N) is 1. The van der Waals surface area contributed by atoms with Gasteiger partial charge in [0.25, 0.3) is 0 Å². The van der Waals surface area contributed by atoms with Gasteiger partial charge in [-0.05, 0) is 42.5 Å². The van der Waals surface area contributed by atoms with E-state index >= 15 is 0 Å². The number of rotatable bonds is 6. The highest BCUT2D eigenvalue weighted by Gasteiger charge is 2.17. The van der Waals surface area contributed by atoms with Crippen LogP contribution in [0, 0.1) is 5.92 Å². The van der Waals surface area contributed by atoms with Crippen molar-refractivity contribution in [3.8, 4) is 0 Å². The van der Waals surface area contributed by atoms with Gasteiger partial charge in [0.2, 0.25) is 5.91 Å². The van der Waals surface area contributed by atoms with Gasteiger partial charge in [-0.1, -0.05) is 23.7 Å². The van der Waals surface area contributed by atoms with Crippen molar-refractivity contribution in [2.45, 2.75) is 6.54 Å². The van der Waals surface area contributed by atoms with Crippen LogP contribution in [0.4, 0.5) is 0 Å². The molecule has 0 saturated carbocycles. The van der Waals surface area contributed by atoms with E-state index in [1.807, 2.05) is 31.3 Å². The molecule has 0 aliphatic carbocycles. The maximum atomic E-state index is 12.0. The molecule has 0 bridgehead atoms. The standard InChI is InChI=1S/C14H19ClN2OS/c1-17(8-11-3-2-4-13(15)5-11)14(18)10-19-9-12-6-16-7-12/h2-5,12,16H,6-10H2,1H3. The fourth-order valence-corrected chi connectivity index (χ4v) is 3.18. The number of carbonyl (C=O) groups excluding carboxylic acids is 1. The lowest BCUT2D eigenvalue weighted by Crippen LogP contribution is -2.43. The number of benzene rings is 1. The van der Waals surface area contributed by atoms with Crippen LogP contribution in [0.15, 0.2) is 24.3 Å². The predicted molar refractivity (Wildman–Crippen MR) is 81.6 cm³/mol. The average Bonchev–Trinajstić information content (AvgIpc) is 2.32. The second-order valence-electron chi connectivity index (χ2n) is 4.92. The van der Waals surface area contributed by atoms with Gasteiger partial charge >= 0.3 is 0 Å². The van der Waals surface area contributed by atoms with Crippen molar-refractivity contribution in [2.24, 2.45) is 5.92 Å². The number of carbonyl (C=O) groups is 1. The average molecular weight is 299 g/mol. The fraction of sp³-hybridized carbons (Fsp3) is 0.500. The Hall–Kier alpha value is -0.710. The molecule has 2 rings (SSSR count). The van der Waals surface area contributed by atoms with Crippen molar-refractivity contribution >= 4 is 29.3 Å². The molecule has 3 nitrogen and oxygen atoms in total. The summed E-state index contributed by atoms with van der Waals surface area (Å²) < 4.78 is 0. The Balaban J connectivity index is 1.72. The molecule has 1 amide bonds. The number of nitrogens with one attached hydrogen (secondary N) is 1. The number of thioether (sulfide) groups is 1. The Kier molecular flexibility index (Phi) is 5.55. The molecule has 104 valence electrons. The monoisotopic (exact) mass is 298 g/mol. The summed E-state index contributed by atoms with van der Waals surface area (Å²) in [5.41, 5.74) is 1.07. The van der Waals surface area contributed by atoms with Gasteiger partial charge in [0.15, 0.2) is 0 Å². The quantitative estimate of drug-likeness (QED) is 0.874. The summed E-state index contributed by atoms with van der Waals surface area (Å²) in [6.07, 6.45) is 0. The van der Waals surface area contributed by atoms with Crippen molar-refractivity contribution in [3.63, 3.8) is 0 Å². The maximum absolute atomic E-state index is 12.0. The van der Waals surface area contributed by atoms with E-state index < -0.39 is 0 Å². The minimum absolute atomic E-state index is 0.178. The highest BCUT2D eigenvalue weighted by Crippen LogP contribution is 2.15. The smallest absolute Gasteiger partial charge is 0.232 e. The van der Waals surface area contributed by atoms with E-state index in [1.54, 1.807) is 16.7 Å². The van der Waals surface area contributed by atoms with Crippen molar-refractivity contribution < 1.29 is 4.79 Å². The molecule has 0 aromatic heterocycles. The molecule has 1 aliphatic rings. The summed E-state index contributed by atoms with van der Waals surface area (Å²) in [5.74, 6) is 2.56. The van der Waals surface area contributed by atoms with Crippen molar-refractivity contribution in [2.75, 3.05) is 31.6 Å². The molecular weight excluding hydrogens is 280 g/mol. The van der Waals surface area contributed by atoms with Crippen molar-refractivity contribution in [1.82, 2.24) is 10.2 Å². The topological polar surface area (TPSA) is 32.3 Å². The van der Waals surface area contributed by atoms with Gasteiger partial charge in [0, 0.05) is 18.6 Å². The van der Waals surface area contributed by atoms with Crippen LogP contribution in [0.2, 0.25) is 5.02 Å². The molecule has 19 heavy (non-hydrogen) atoms. The van der Waals surface area contributed by atoms with Crippen molar-refractivity contribution in [1.29, 1.82) is 0 Å². The van der Waals surface area contributed by atoms with Gasteiger partial charge in [-0.25, -0.2) is 0 Å². The zero-order valence-electron chi connectivity index (χ0n) is 11.1. The largest absolute Gasteiger partial charge is 0.341 e. The molecule has 0 unspecified atom stereocenters. The normalized spacial score (nSPS) is 15.1. The second-order valence-corrected chi connectivity index (χ2v) is 6.39. The molecule has 0 atom stereocenters. The lowest BCUT2D eigenvalue weighted by molar-refractivity contribution is -0.127. The Morgan fingerprint density at radius 2 is 2.32 bits per heavy atom. The maximum Gasteiger partial charge on any atom is 0.232 e. The Labute approximate surface area is 123 Å². The van der Waals surface area contributed by atoms with Crippen LogP contribution < -0.4 is 5.32 Å². The molecule has 1 saturated heterocycles. The minimum atomic E-state index is 0.178. The fourth-order valence-electron chi connectivity index (χ4n) is 1.89. The summed E-state index contributed by atoms with van der Waals surface area (Å²) >= 11 is 7.67. The highest BCUT2D eigenvalue weighted by molar-refractivity contribution is 7.99. The third kappa shape index (κ3) is 4.71. The summed E-state index contributed by atoms with van der Waals surface area (Å²) in [4.78, 5) is 13.7. The Morgan fingerprint density at radius 3 is 2.95 bits per heavy atom. The van der Waals surface area contributed by atoms with Gasteiger partial charge in [-0.15, -0.1) is 0 Å². The van der Waals surface area contributed by atoms with Crippen LogP contribution in [-0.2, 0) is 11.3 Å².